The van der Waals surface area contributed by atoms with E-state index in [4.69, 9.17) is 4.74 Å². The lowest BCUT2D eigenvalue weighted by Crippen LogP contribution is -2.53. The molecule has 1 aromatic heterocycles. The molecule has 2 aromatic rings. The Labute approximate surface area is 205 Å². The Hall–Kier alpha value is -3.20. The molecule has 3 rings (SSSR count). The first-order chi connectivity index (χ1) is 16.6. The lowest BCUT2D eigenvalue weighted by Gasteiger charge is -2.28. The van der Waals surface area contributed by atoms with Gasteiger partial charge in [0.15, 0.2) is 5.78 Å². The molecule has 2 heterocycles. The molecule has 9 heteroatoms. The number of Topliss-reactive ketones (excluding diaryl/α,β-unsaturated/α-hetero) is 1. The molecule has 9 nitrogen and oxygen atoms in total. The monoisotopic (exact) mass is 484 g/mol. The molecule has 35 heavy (non-hydrogen) atoms. The van der Waals surface area contributed by atoms with Gasteiger partial charge in [-0.3, -0.25) is 19.2 Å². The molecular weight excluding hydrogens is 448 g/mol. The summed E-state index contributed by atoms with van der Waals surface area (Å²) in [6.45, 7) is 8.47. The molecule has 1 aliphatic heterocycles. The molecule has 1 aliphatic rings. The number of nitrogens with one attached hydrogen (secondary N) is 4. The summed E-state index contributed by atoms with van der Waals surface area (Å²) in [6, 6.07) is 7.53. The van der Waals surface area contributed by atoms with Gasteiger partial charge >= 0.3 is 0 Å². The SMILES string of the molecule is CCOCC(=O)[C@H](CC1CCNC1=O)NC(=O)[C@H](CC(C)(C)C)NC(=O)c1cc2ccccc2[nH]1. The van der Waals surface area contributed by atoms with Crippen molar-refractivity contribution < 1.29 is 23.9 Å². The van der Waals surface area contributed by atoms with Crippen LogP contribution in [-0.2, 0) is 19.1 Å². The topological polar surface area (TPSA) is 129 Å². The van der Waals surface area contributed by atoms with Crippen LogP contribution in [0.25, 0.3) is 10.9 Å². The fourth-order valence-electron chi connectivity index (χ4n) is 4.25. The zero-order valence-corrected chi connectivity index (χ0v) is 20.9. The first-order valence-corrected chi connectivity index (χ1v) is 12.1. The normalized spacial score (nSPS) is 17.6. The minimum Gasteiger partial charge on any atom is -0.374 e. The maximum absolute atomic E-state index is 13.4. The van der Waals surface area contributed by atoms with Crippen molar-refractivity contribution >= 4 is 34.4 Å². The number of amides is 3. The predicted molar refractivity (Wildman–Crippen MR) is 133 cm³/mol. The Morgan fingerprint density at radius 1 is 1.14 bits per heavy atom. The van der Waals surface area contributed by atoms with Crippen LogP contribution in [0.5, 0.6) is 0 Å². The fourth-order valence-corrected chi connectivity index (χ4v) is 4.25. The second-order valence-electron chi connectivity index (χ2n) is 10.2. The smallest absolute Gasteiger partial charge is 0.268 e. The lowest BCUT2D eigenvalue weighted by molar-refractivity contribution is -0.132. The number of rotatable bonds is 11. The summed E-state index contributed by atoms with van der Waals surface area (Å²) in [5, 5.41) is 9.30. The van der Waals surface area contributed by atoms with Crippen molar-refractivity contribution in [3.05, 3.63) is 36.0 Å². The number of hydrogen-bond acceptors (Lipinski definition) is 5. The number of benzene rings is 1. The zero-order chi connectivity index (χ0) is 25.6. The molecule has 0 radical (unpaired) electrons. The summed E-state index contributed by atoms with van der Waals surface area (Å²) < 4.78 is 5.27. The molecule has 0 bridgehead atoms. The molecule has 0 spiro atoms. The number of para-hydroxylation sites is 1. The minimum atomic E-state index is -0.879. The van der Waals surface area contributed by atoms with Gasteiger partial charge in [-0.05, 0) is 43.7 Å². The summed E-state index contributed by atoms with van der Waals surface area (Å²) in [7, 11) is 0. The molecule has 1 aromatic carbocycles. The summed E-state index contributed by atoms with van der Waals surface area (Å²) >= 11 is 0. The maximum atomic E-state index is 13.4. The third-order valence-electron chi connectivity index (χ3n) is 6.05. The lowest BCUT2D eigenvalue weighted by atomic mass is 9.87. The molecular formula is C26H36N4O5. The number of H-pyrrole nitrogens is 1. The summed E-state index contributed by atoms with van der Waals surface area (Å²) in [6.07, 6.45) is 1.17. The van der Waals surface area contributed by atoms with Crippen molar-refractivity contribution in [2.45, 2.75) is 59.0 Å². The van der Waals surface area contributed by atoms with E-state index >= 15 is 0 Å². The highest BCUT2D eigenvalue weighted by atomic mass is 16.5. The van der Waals surface area contributed by atoms with Crippen molar-refractivity contribution in [2.75, 3.05) is 19.8 Å². The van der Waals surface area contributed by atoms with E-state index in [1.165, 1.54) is 0 Å². The van der Waals surface area contributed by atoms with Crippen LogP contribution in [0.15, 0.2) is 30.3 Å². The van der Waals surface area contributed by atoms with Gasteiger partial charge in [0.2, 0.25) is 11.8 Å². The molecule has 4 N–H and O–H groups in total. The van der Waals surface area contributed by atoms with Crippen LogP contribution < -0.4 is 16.0 Å². The maximum Gasteiger partial charge on any atom is 0.268 e. The number of fused-ring (bicyclic) bond motifs is 1. The number of carbonyl (C=O) groups is 4. The third-order valence-corrected chi connectivity index (χ3v) is 6.05. The van der Waals surface area contributed by atoms with Crippen LogP contribution in [0, 0.1) is 11.3 Å². The average Bonchev–Trinajstić information content (AvgIpc) is 3.41. The third kappa shape index (κ3) is 7.39. The van der Waals surface area contributed by atoms with Crippen molar-refractivity contribution in [1.29, 1.82) is 0 Å². The van der Waals surface area contributed by atoms with Gasteiger partial charge in [-0.15, -0.1) is 0 Å². The van der Waals surface area contributed by atoms with Crippen LogP contribution in [0.3, 0.4) is 0 Å². The van der Waals surface area contributed by atoms with Crippen molar-refractivity contribution in [3.8, 4) is 0 Å². The summed E-state index contributed by atoms with van der Waals surface area (Å²) in [5.41, 5.74) is 0.904. The minimum absolute atomic E-state index is 0.119. The van der Waals surface area contributed by atoms with E-state index in [0.717, 1.165) is 10.9 Å². The van der Waals surface area contributed by atoms with Crippen molar-refractivity contribution in [1.82, 2.24) is 20.9 Å². The number of aromatic nitrogens is 1. The van der Waals surface area contributed by atoms with Crippen LogP contribution in [0.4, 0.5) is 0 Å². The van der Waals surface area contributed by atoms with Crippen LogP contribution in [0.2, 0.25) is 0 Å². The Balaban J connectivity index is 1.76. The van der Waals surface area contributed by atoms with Gasteiger partial charge in [0.05, 0.1) is 6.04 Å². The second kappa shape index (κ2) is 11.5. The van der Waals surface area contributed by atoms with Gasteiger partial charge in [0, 0.05) is 30.0 Å². The molecule has 0 saturated carbocycles. The van der Waals surface area contributed by atoms with E-state index in [9.17, 15) is 19.2 Å². The first kappa shape index (κ1) is 26.4. The van der Waals surface area contributed by atoms with Gasteiger partial charge in [0.25, 0.3) is 5.91 Å². The van der Waals surface area contributed by atoms with Gasteiger partial charge in [0.1, 0.15) is 18.3 Å². The van der Waals surface area contributed by atoms with E-state index in [-0.39, 0.29) is 36.1 Å². The Bertz CT molecular complexity index is 1040. The second-order valence-corrected chi connectivity index (χ2v) is 10.2. The van der Waals surface area contributed by atoms with Gasteiger partial charge in [-0.1, -0.05) is 39.0 Å². The Morgan fingerprint density at radius 3 is 2.51 bits per heavy atom. The largest absolute Gasteiger partial charge is 0.374 e. The summed E-state index contributed by atoms with van der Waals surface area (Å²) in [5.74, 6) is -1.63. The number of ether oxygens (including phenoxy) is 1. The Morgan fingerprint density at radius 2 is 1.89 bits per heavy atom. The molecule has 1 fully saturated rings. The molecule has 1 unspecified atom stereocenters. The number of hydrogen-bond donors (Lipinski definition) is 4. The van der Waals surface area contributed by atoms with Crippen LogP contribution in [0.1, 0.15) is 57.4 Å². The van der Waals surface area contributed by atoms with E-state index in [0.29, 0.717) is 31.7 Å². The highest BCUT2D eigenvalue weighted by Gasteiger charge is 2.34. The first-order valence-electron chi connectivity index (χ1n) is 12.1. The molecule has 0 aliphatic carbocycles. The quantitative estimate of drug-likeness (QED) is 0.389. The summed E-state index contributed by atoms with van der Waals surface area (Å²) in [4.78, 5) is 54.4. The van der Waals surface area contributed by atoms with Crippen LogP contribution >= 0.6 is 0 Å². The number of carbonyl (C=O) groups excluding carboxylic acids is 4. The zero-order valence-electron chi connectivity index (χ0n) is 20.9. The highest BCUT2D eigenvalue weighted by molar-refractivity contribution is 6.01. The van der Waals surface area contributed by atoms with Crippen molar-refractivity contribution in [3.63, 3.8) is 0 Å². The molecule has 190 valence electrons. The molecule has 3 amide bonds. The standard InChI is InChI=1S/C26H36N4O5/c1-5-35-15-22(31)19(13-17-10-11-27-23(17)32)29-25(34)21(14-26(2,3)4)30-24(33)20-12-16-8-6-7-9-18(16)28-20/h6-9,12,17,19,21,28H,5,10-11,13-15H2,1-4H3,(H,27,32)(H,29,34)(H,30,33)/t17?,19-,21-/m0/s1. The number of ketones is 1. The van der Waals surface area contributed by atoms with E-state index in [1.807, 2.05) is 45.0 Å². The number of aromatic amines is 1. The van der Waals surface area contributed by atoms with Crippen LogP contribution in [-0.4, -0.2) is 60.3 Å². The Kier molecular flexibility index (Phi) is 8.67. The molecule has 1 saturated heterocycles. The average molecular weight is 485 g/mol. The highest BCUT2D eigenvalue weighted by Crippen LogP contribution is 2.23. The molecule has 3 atom stereocenters. The van der Waals surface area contributed by atoms with E-state index in [1.54, 1.807) is 13.0 Å². The van der Waals surface area contributed by atoms with Crippen molar-refractivity contribution in [2.24, 2.45) is 11.3 Å². The van der Waals surface area contributed by atoms with Gasteiger partial charge < -0.3 is 25.7 Å². The van der Waals surface area contributed by atoms with E-state index in [2.05, 4.69) is 20.9 Å². The van der Waals surface area contributed by atoms with Gasteiger partial charge in [-0.2, -0.15) is 0 Å². The van der Waals surface area contributed by atoms with E-state index < -0.39 is 23.9 Å². The van der Waals surface area contributed by atoms with Gasteiger partial charge in [-0.25, -0.2) is 0 Å². The predicted octanol–water partition coefficient (Wildman–Crippen LogP) is 2.32. The fraction of sp³-hybridized carbons (Fsp3) is 0.538.